The Labute approximate surface area is 207 Å². The summed E-state index contributed by atoms with van der Waals surface area (Å²) in [5, 5.41) is 4.69. The summed E-state index contributed by atoms with van der Waals surface area (Å²) in [5.41, 5.74) is 6.94. The SMILES string of the molecule is CN(C)C=O.Cc1cnn2c(C3CCCCC3)c(-c3ccc(OCc4ccccc4)cc3)cnc12. The van der Waals surface area contributed by atoms with Crippen LogP contribution in [0.15, 0.2) is 67.0 Å². The van der Waals surface area contributed by atoms with Gasteiger partial charge in [-0.25, -0.2) is 9.50 Å². The molecule has 35 heavy (non-hydrogen) atoms. The number of hydrogen-bond donors (Lipinski definition) is 0. The van der Waals surface area contributed by atoms with Gasteiger partial charge in [-0.15, -0.1) is 0 Å². The molecule has 2 heterocycles. The first-order valence-corrected chi connectivity index (χ1v) is 12.3. The van der Waals surface area contributed by atoms with Gasteiger partial charge in [0.05, 0.1) is 11.9 Å². The molecule has 0 aliphatic heterocycles. The summed E-state index contributed by atoms with van der Waals surface area (Å²) in [4.78, 5) is 15.6. The maximum Gasteiger partial charge on any atom is 0.209 e. The van der Waals surface area contributed by atoms with E-state index in [4.69, 9.17) is 9.72 Å². The van der Waals surface area contributed by atoms with Crippen molar-refractivity contribution in [3.8, 4) is 16.9 Å². The van der Waals surface area contributed by atoms with Gasteiger partial charge in [-0.1, -0.05) is 61.7 Å². The van der Waals surface area contributed by atoms with E-state index in [2.05, 4.69) is 52.9 Å². The van der Waals surface area contributed by atoms with Crippen molar-refractivity contribution < 1.29 is 9.53 Å². The van der Waals surface area contributed by atoms with Crippen LogP contribution in [0, 0.1) is 6.92 Å². The molecule has 6 heteroatoms. The number of fused-ring (bicyclic) bond motifs is 1. The van der Waals surface area contributed by atoms with Gasteiger partial charge in [0, 0.05) is 37.3 Å². The van der Waals surface area contributed by atoms with Crippen molar-refractivity contribution in [3.63, 3.8) is 0 Å². The zero-order valence-corrected chi connectivity index (χ0v) is 20.9. The van der Waals surface area contributed by atoms with Crippen molar-refractivity contribution in [2.45, 2.75) is 51.6 Å². The number of benzene rings is 2. The van der Waals surface area contributed by atoms with E-state index in [0.717, 1.165) is 23.4 Å². The fraction of sp³-hybridized carbons (Fsp3) is 0.345. The van der Waals surface area contributed by atoms with Crippen molar-refractivity contribution >= 4 is 12.1 Å². The molecule has 1 aliphatic carbocycles. The average Bonchev–Trinajstić information content (AvgIpc) is 3.29. The molecule has 0 saturated heterocycles. The molecule has 0 atom stereocenters. The molecule has 0 radical (unpaired) electrons. The predicted molar refractivity (Wildman–Crippen MR) is 140 cm³/mol. The van der Waals surface area contributed by atoms with Crippen LogP contribution in [0.4, 0.5) is 0 Å². The Morgan fingerprint density at radius 3 is 2.34 bits per heavy atom. The van der Waals surface area contributed by atoms with Gasteiger partial charge in [-0.3, -0.25) is 4.79 Å². The first kappa shape index (κ1) is 24.5. The molecule has 0 bridgehead atoms. The lowest BCUT2D eigenvalue weighted by atomic mass is 9.84. The highest BCUT2D eigenvalue weighted by Crippen LogP contribution is 2.38. The average molecular weight is 471 g/mol. The number of carbonyl (C=O) groups excluding carboxylic acids is 1. The maximum atomic E-state index is 9.43. The van der Waals surface area contributed by atoms with Gasteiger partial charge in [0.2, 0.25) is 6.41 Å². The smallest absolute Gasteiger partial charge is 0.209 e. The lowest BCUT2D eigenvalue weighted by Gasteiger charge is -2.25. The third-order valence-electron chi connectivity index (χ3n) is 6.36. The second-order valence-electron chi connectivity index (χ2n) is 9.32. The number of aromatic nitrogens is 3. The molecule has 1 fully saturated rings. The number of aryl methyl sites for hydroxylation is 1. The fourth-order valence-electron chi connectivity index (χ4n) is 4.53. The minimum atomic E-state index is 0.535. The molecule has 2 aromatic carbocycles. The summed E-state index contributed by atoms with van der Waals surface area (Å²) in [6.45, 7) is 2.66. The first-order chi connectivity index (χ1) is 17.1. The molecule has 0 N–H and O–H groups in total. The number of carbonyl (C=O) groups is 1. The number of nitrogens with zero attached hydrogens (tertiary/aromatic N) is 4. The van der Waals surface area contributed by atoms with Crippen molar-refractivity contribution in [3.05, 3.63) is 83.8 Å². The zero-order chi connectivity index (χ0) is 24.6. The van der Waals surface area contributed by atoms with Crippen molar-refractivity contribution in [1.29, 1.82) is 0 Å². The van der Waals surface area contributed by atoms with Gasteiger partial charge < -0.3 is 9.64 Å². The Morgan fingerprint density at radius 1 is 1.00 bits per heavy atom. The molecule has 6 nitrogen and oxygen atoms in total. The van der Waals surface area contributed by atoms with E-state index in [1.165, 1.54) is 59.4 Å². The van der Waals surface area contributed by atoms with Crippen molar-refractivity contribution in [2.24, 2.45) is 0 Å². The summed E-state index contributed by atoms with van der Waals surface area (Å²) in [6.07, 6.45) is 11.1. The van der Waals surface area contributed by atoms with Crippen LogP contribution in [-0.4, -0.2) is 40.0 Å². The van der Waals surface area contributed by atoms with Crippen LogP contribution < -0.4 is 4.74 Å². The monoisotopic (exact) mass is 470 g/mol. The lowest BCUT2D eigenvalue weighted by molar-refractivity contribution is -0.115. The standard InChI is InChI=1S/C26H27N3O.C3H7NO/c1-19-16-28-29-25(22-10-6-3-7-11-22)24(17-27-26(19)29)21-12-14-23(15-13-21)30-18-20-8-4-2-5-9-20;1-4(2)3-5/h2,4-5,8-9,12-17,22H,3,6-7,10-11,18H2,1H3;3H,1-2H3. The van der Waals surface area contributed by atoms with Gasteiger partial charge >= 0.3 is 0 Å². The fourth-order valence-corrected chi connectivity index (χ4v) is 4.53. The van der Waals surface area contributed by atoms with Gasteiger partial charge in [-0.2, -0.15) is 5.10 Å². The molecule has 1 amide bonds. The Balaban J connectivity index is 0.000000527. The Bertz CT molecular complexity index is 1230. The summed E-state index contributed by atoms with van der Waals surface area (Å²) in [7, 11) is 3.38. The van der Waals surface area contributed by atoms with E-state index in [9.17, 15) is 4.79 Å². The van der Waals surface area contributed by atoms with Gasteiger partial charge in [0.1, 0.15) is 12.4 Å². The largest absolute Gasteiger partial charge is 0.489 e. The highest BCUT2D eigenvalue weighted by Gasteiger charge is 2.23. The third-order valence-corrected chi connectivity index (χ3v) is 6.36. The quantitative estimate of drug-likeness (QED) is 0.323. The van der Waals surface area contributed by atoms with E-state index >= 15 is 0 Å². The summed E-state index contributed by atoms with van der Waals surface area (Å²) >= 11 is 0. The minimum absolute atomic E-state index is 0.535. The van der Waals surface area contributed by atoms with E-state index in [-0.39, 0.29) is 0 Å². The molecule has 4 aromatic rings. The lowest BCUT2D eigenvalue weighted by Crippen LogP contribution is -2.12. The Kier molecular flexibility index (Phi) is 8.14. The van der Waals surface area contributed by atoms with Crippen LogP contribution in [0.3, 0.4) is 0 Å². The first-order valence-electron chi connectivity index (χ1n) is 12.3. The molecule has 2 aromatic heterocycles. The topological polar surface area (TPSA) is 59.7 Å². The minimum Gasteiger partial charge on any atom is -0.489 e. The molecule has 0 spiro atoms. The molecule has 0 unspecified atom stereocenters. The summed E-state index contributed by atoms with van der Waals surface area (Å²) in [5.74, 6) is 1.42. The highest BCUT2D eigenvalue weighted by molar-refractivity contribution is 5.68. The van der Waals surface area contributed by atoms with Crippen LogP contribution in [0.25, 0.3) is 16.8 Å². The number of rotatable bonds is 6. The van der Waals surface area contributed by atoms with Crippen molar-refractivity contribution in [2.75, 3.05) is 14.1 Å². The summed E-state index contributed by atoms with van der Waals surface area (Å²) in [6, 6.07) is 18.7. The molecule has 5 rings (SSSR count). The third kappa shape index (κ3) is 6.07. The van der Waals surface area contributed by atoms with Crippen LogP contribution in [0.5, 0.6) is 5.75 Å². The van der Waals surface area contributed by atoms with Crippen LogP contribution in [0.1, 0.15) is 54.8 Å². The summed E-state index contributed by atoms with van der Waals surface area (Å²) < 4.78 is 8.05. The highest BCUT2D eigenvalue weighted by atomic mass is 16.5. The normalized spacial score (nSPS) is 13.7. The second kappa shape index (κ2) is 11.6. The number of hydrogen-bond acceptors (Lipinski definition) is 4. The second-order valence-corrected chi connectivity index (χ2v) is 9.32. The predicted octanol–water partition coefficient (Wildman–Crippen LogP) is 6.04. The molecular formula is C29H34N4O2. The Morgan fingerprint density at radius 2 is 1.69 bits per heavy atom. The molecule has 182 valence electrons. The van der Waals surface area contributed by atoms with E-state index in [0.29, 0.717) is 12.5 Å². The van der Waals surface area contributed by atoms with Gasteiger partial charge in [-0.05, 0) is 43.0 Å². The van der Waals surface area contributed by atoms with Crippen LogP contribution in [0.2, 0.25) is 0 Å². The van der Waals surface area contributed by atoms with Crippen LogP contribution in [-0.2, 0) is 11.4 Å². The molecule has 1 saturated carbocycles. The Hall–Kier alpha value is -3.67. The number of amides is 1. The van der Waals surface area contributed by atoms with Gasteiger partial charge in [0.15, 0.2) is 5.65 Å². The van der Waals surface area contributed by atoms with E-state index in [1.807, 2.05) is 30.6 Å². The maximum absolute atomic E-state index is 9.43. The van der Waals surface area contributed by atoms with E-state index in [1.54, 1.807) is 14.1 Å². The number of ether oxygens (including phenoxy) is 1. The molecular weight excluding hydrogens is 436 g/mol. The van der Waals surface area contributed by atoms with Crippen molar-refractivity contribution in [1.82, 2.24) is 19.5 Å². The van der Waals surface area contributed by atoms with Gasteiger partial charge in [0.25, 0.3) is 0 Å². The zero-order valence-electron chi connectivity index (χ0n) is 20.9. The van der Waals surface area contributed by atoms with E-state index < -0.39 is 0 Å². The van der Waals surface area contributed by atoms with Crippen LogP contribution >= 0.6 is 0 Å². The molecule has 1 aliphatic rings.